The van der Waals surface area contributed by atoms with Crippen LogP contribution in [0.3, 0.4) is 0 Å². The zero-order valence-corrected chi connectivity index (χ0v) is 18.3. The maximum absolute atomic E-state index is 13.5. The van der Waals surface area contributed by atoms with Crippen molar-refractivity contribution in [2.75, 3.05) is 13.1 Å². The van der Waals surface area contributed by atoms with E-state index >= 15 is 0 Å². The molecule has 2 heterocycles. The highest BCUT2D eigenvalue weighted by molar-refractivity contribution is 5.94. The predicted octanol–water partition coefficient (Wildman–Crippen LogP) is 4.71. The summed E-state index contributed by atoms with van der Waals surface area (Å²) in [4.78, 5) is 15.4. The van der Waals surface area contributed by atoms with Crippen molar-refractivity contribution in [2.45, 2.75) is 46.8 Å². The van der Waals surface area contributed by atoms with Gasteiger partial charge in [-0.25, -0.2) is 4.68 Å². The van der Waals surface area contributed by atoms with E-state index in [0.29, 0.717) is 18.8 Å². The number of rotatable bonds is 3. The number of benzene rings is 2. The molecule has 1 amide bonds. The molecule has 2 atom stereocenters. The fourth-order valence-corrected chi connectivity index (χ4v) is 4.04. The first-order chi connectivity index (χ1) is 14.3. The van der Waals surface area contributed by atoms with Gasteiger partial charge in [-0.05, 0) is 75.6 Å². The van der Waals surface area contributed by atoms with Crippen molar-refractivity contribution in [3.8, 4) is 16.9 Å². The molecule has 1 aromatic heterocycles. The van der Waals surface area contributed by atoms with Crippen LogP contribution in [-0.2, 0) is 4.74 Å². The lowest BCUT2D eigenvalue weighted by Gasteiger charge is -2.35. The topological polar surface area (TPSA) is 47.4 Å². The fourth-order valence-electron chi connectivity index (χ4n) is 4.04. The first-order valence-electron chi connectivity index (χ1n) is 10.5. The number of carbonyl (C=O) groups excluding carboxylic acids is 1. The van der Waals surface area contributed by atoms with Gasteiger partial charge in [0, 0.05) is 18.7 Å². The summed E-state index contributed by atoms with van der Waals surface area (Å²) in [5.74, 6) is -0.0129. The summed E-state index contributed by atoms with van der Waals surface area (Å²) in [5.41, 5.74) is 6.87. The first kappa shape index (κ1) is 20.4. The Labute approximate surface area is 178 Å². The molecule has 0 spiro atoms. The number of ether oxygens (including phenoxy) is 1. The third-order valence-corrected chi connectivity index (χ3v) is 5.68. The van der Waals surface area contributed by atoms with Gasteiger partial charge in [-0.2, -0.15) is 5.10 Å². The van der Waals surface area contributed by atoms with Gasteiger partial charge in [0.1, 0.15) is 5.69 Å². The smallest absolute Gasteiger partial charge is 0.272 e. The number of carbonyl (C=O) groups is 1. The maximum Gasteiger partial charge on any atom is 0.272 e. The van der Waals surface area contributed by atoms with E-state index in [2.05, 4.69) is 38.1 Å². The number of morpholine rings is 1. The second kappa shape index (κ2) is 8.07. The molecule has 2 aromatic carbocycles. The Morgan fingerprint density at radius 3 is 2.37 bits per heavy atom. The van der Waals surface area contributed by atoms with Crippen LogP contribution in [0.5, 0.6) is 0 Å². The quantitative estimate of drug-likeness (QED) is 0.636. The zero-order valence-electron chi connectivity index (χ0n) is 18.3. The molecular weight excluding hydrogens is 374 g/mol. The molecule has 5 heteroatoms. The number of aromatic nitrogens is 2. The largest absolute Gasteiger partial charge is 0.372 e. The zero-order chi connectivity index (χ0) is 21.4. The molecule has 1 saturated heterocycles. The predicted molar refractivity (Wildman–Crippen MR) is 119 cm³/mol. The minimum Gasteiger partial charge on any atom is -0.372 e. The Morgan fingerprint density at radius 1 is 0.967 bits per heavy atom. The molecule has 3 aromatic rings. The third-order valence-electron chi connectivity index (χ3n) is 5.68. The van der Waals surface area contributed by atoms with Crippen molar-refractivity contribution in [3.63, 3.8) is 0 Å². The van der Waals surface area contributed by atoms with Crippen LogP contribution in [0.25, 0.3) is 16.9 Å². The van der Waals surface area contributed by atoms with Gasteiger partial charge in [0.2, 0.25) is 0 Å². The van der Waals surface area contributed by atoms with Crippen molar-refractivity contribution < 1.29 is 9.53 Å². The third kappa shape index (κ3) is 4.03. The normalized spacial score (nSPS) is 19.2. The van der Waals surface area contributed by atoms with Crippen LogP contribution in [0, 0.1) is 20.8 Å². The van der Waals surface area contributed by atoms with E-state index in [1.165, 1.54) is 11.1 Å². The summed E-state index contributed by atoms with van der Waals surface area (Å²) in [6, 6.07) is 16.3. The number of aryl methyl sites for hydroxylation is 3. The van der Waals surface area contributed by atoms with Crippen LogP contribution in [0.15, 0.2) is 48.5 Å². The monoisotopic (exact) mass is 403 g/mol. The van der Waals surface area contributed by atoms with E-state index in [1.54, 1.807) is 4.68 Å². The van der Waals surface area contributed by atoms with Gasteiger partial charge in [0.05, 0.1) is 23.6 Å². The molecule has 0 N–H and O–H groups in total. The van der Waals surface area contributed by atoms with Gasteiger partial charge < -0.3 is 9.64 Å². The Kier molecular flexibility index (Phi) is 5.48. The molecule has 0 bridgehead atoms. The molecule has 4 rings (SSSR count). The molecule has 0 radical (unpaired) electrons. The molecule has 0 saturated carbocycles. The van der Waals surface area contributed by atoms with Crippen molar-refractivity contribution in [2.24, 2.45) is 0 Å². The molecule has 5 nitrogen and oxygen atoms in total. The minimum atomic E-state index is -0.0129. The average Bonchev–Trinajstić information content (AvgIpc) is 3.14. The first-order valence-corrected chi connectivity index (χ1v) is 10.5. The average molecular weight is 404 g/mol. The van der Waals surface area contributed by atoms with Crippen molar-refractivity contribution in [1.29, 1.82) is 0 Å². The summed E-state index contributed by atoms with van der Waals surface area (Å²) >= 11 is 0. The van der Waals surface area contributed by atoms with Gasteiger partial charge in [0.25, 0.3) is 5.91 Å². The fraction of sp³-hybridized carbons (Fsp3) is 0.360. The van der Waals surface area contributed by atoms with Crippen molar-refractivity contribution in [3.05, 3.63) is 70.9 Å². The van der Waals surface area contributed by atoms with Crippen LogP contribution >= 0.6 is 0 Å². The standard InChI is InChI=1S/C25H29N3O2/c1-16-7-6-8-22(11-16)28-24(25(29)27-14-19(4)30-20(5)15-27)13-23(26-28)21-10-9-17(2)18(3)12-21/h6-13,19-20H,14-15H2,1-5H3. The van der Waals surface area contributed by atoms with Gasteiger partial charge >= 0.3 is 0 Å². The van der Waals surface area contributed by atoms with E-state index in [9.17, 15) is 4.79 Å². The molecule has 1 aliphatic rings. The minimum absolute atomic E-state index is 0.0129. The Morgan fingerprint density at radius 2 is 1.70 bits per heavy atom. The molecule has 0 aliphatic carbocycles. The number of hydrogen-bond donors (Lipinski definition) is 0. The van der Waals surface area contributed by atoms with E-state index < -0.39 is 0 Å². The highest BCUT2D eigenvalue weighted by Crippen LogP contribution is 2.26. The van der Waals surface area contributed by atoms with Crippen LogP contribution in [0.1, 0.15) is 41.0 Å². The van der Waals surface area contributed by atoms with Gasteiger partial charge in [-0.15, -0.1) is 0 Å². The van der Waals surface area contributed by atoms with Crippen molar-refractivity contribution >= 4 is 5.91 Å². The Hall–Kier alpha value is -2.92. The molecular formula is C25H29N3O2. The van der Waals surface area contributed by atoms with E-state index in [4.69, 9.17) is 9.84 Å². The molecule has 1 aliphatic heterocycles. The molecule has 156 valence electrons. The van der Waals surface area contributed by atoms with Crippen LogP contribution in [-0.4, -0.2) is 45.9 Å². The summed E-state index contributed by atoms with van der Waals surface area (Å²) in [7, 11) is 0. The lowest BCUT2D eigenvalue weighted by atomic mass is 10.0. The Bertz CT molecular complexity index is 1080. The SMILES string of the molecule is Cc1cccc(-n2nc(-c3ccc(C)c(C)c3)cc2C(=O)N2CC(C)OC(C)C2)c1. The summed E-state index contributed by atoms with van der Waals surface area (Å²) in [5, 5.41) is 4.85. The second-order valence-corrected chi connectivity index (χ2v) is 8.43. The highest BCUT2D eigenvalue weighted by atomic mass is 16.5. The van der Waals surface area contributed by atoms with E-state index in [-0.39, 0.29) is 18.1 Å². The second-order valence-electron chi connectivity index (χ2n) is 8.43. The molecule has 30 heavy (non-hydrogen) atoms. The lowest BCUT2D eigenvalue weighted by Crippen LogP contribution is -2.48. The summed E-state index contributed by atoms with van der Waals surface area (Å²) in [6.07, 6.45) is 0.0412. The summed E-state index contributed by atoms with van der Waals surface area (Å²) < 4.78 is 7.60. The van der Waals surface area contributed by atoms with Crippen LogP contribution in [0.4, 0.5) is 0 Å². The summed E-state index contributed by atoms with van der Waals surface area (Å²) in [6.45, 7) is 11.4. The van der Waals surface area contributed by atoms with Gasteiger partial charge in [-0.1, -0.05) is 24.3 Å². The number of nitrogens with zero attached hydrogens (tertiary/aromatic N) is 3. The maximum atomic E-state index is 13.5. The van der Waals surface area contributed by atoms with E-state index in [0.717, 1.165) is 22.5 Å². The van der Waals surface area contributed by atoms with E-state index in [1.807, 2.05) is 49.9 Å². The molecule has 1 fully saturated rings. The number of amides is 1. The lowest BCUT2D eigenvalue weighted by molar-refractivity contribution is -0.0588. The van der Waals surface area contributed by atoms with Gasteiger partial charge in [-0.3, -0.25) is 4.79 Å². The number of hydrogen-bond acceptors (Lipinski definition) is 3. The Balaban J connectivity index is 1.80. The van der Waals surface area contributed by atoms with Crippen LogP contribution < -0.4 is 0 Å². The van der Waals surface area contributed by atoms with Crippen molar-refractivity contribution in [1.82, 2.24) is 14.7 Å². The highest BCUT2D eigenvalue weighted by Gasteiger charge is 2.29. The molecule has 2 unspecified atom stereocenters. The van der Waals surface area contributed by atoms with Crippen LogP contribution in [0.2, 0.25) is 0 Å². The van der Waals surface area contributed by atoms with Gasteiger partial charge in [0.15, 0.2) is 0 Å².